The van der Waals surface area contributed by atoms with Gasteiger partial charge in [-0.05, 0) is 18.9 Å². The van der Waals surface area contributed by atoms with E-state index in [9.17, 15) is 4.79 Å². The molecule has 9 nitrogen and oxygen atoms in total. The van der Waals surface area contributed by atoms with Crippen molar-refractivity contribution < 1.29 is 4.79 Å². The molecule has 0 aliphatic rings. The highest BCUT2D eigenvalue weighted by Gasteiger charge is 2.04. The lowest BCUT2D eigenvalue weighted by Gasteiger charge is -2.09. The minimum absolute atomic E-state index is 0.190. The van der Waals surface area contributed by atoms with Crippen LogP contribution in [0.3, 0.4) is 0 Å². The third-order valence-corrected chi connectivity index (χ3v) is 4.12. The van der Waals surface area contributed by atoms with Crippen molar-refractivity contribution in [2.75, 3.05) is 0 Å². The molecule has 0 radical (unpaired) electrons. The summed E-state index contributed by atoms with van der Waals surface area (Å²) in [5, 5.41) is 0. The van der Waals surface area contributed by atoms with Gasteiger partial charge in [-0.25, -0.2) is 24.7 Å². The Morgan fingerprint density at radius 3 is 1.55 bits per heavy atom. The van der Waals surface area contributed by atoms with Gasteiger partial charge in [0.25, 0.3) is 0 Å². The Bertz CT molecular complexity index is 895. The molecule has 0 amide bonds. The molecule has 4 rings (SSSR count). The molecule has 4 aromatic rings. The molecule has 4 heterocycles. The van der Waals surface area contributed by atoms with E-state index in [2.05, 4.69) is 32.9 Å². The van der Waals surface area contributed by atoms with Crippen molar-refractivity contribution in [3.63, 3.8) is 0 Å². The van der Waals surface area contributed by atoms with Crippen LogP contribution in [0.5, 0.6) is 0 Å². The minimum Gasteiger partial charge on any atom is -0.292 e. The number of allylic oxidation sites excluding steroid dienone is 1. The fraction of sp³-hybridized carbons (Fsp3) is 0.250. The summed E-state index contributed by atoms with van der Waals surface area (Å²) < 4.78 is 6.77. The summed E-state index contributed by atoms with van der Waals surface area (Å²) in [4.78, 5) is 27.1. The number of carbonyl (C=O) groups excluding carboxylic acids is 1. The maximum Gasteiger partial charge on any atom is 0.338 e. The van der Waals surface area contributed by atoms with Gasteiger partial charge in [-0.1, -0.05) is 19.8 Å². The predicted octanol–water partition coefficient (Wildman–Crippen LogP) is 3.42. The zero-order valence-electron chi connectivity index (χ0n) is 16.3. The second kappa shape index (κ2) is 10.5. The van der Waals surface area contributed by atoms with E-state index in [-0.39, 0.29) is 6.03 Å². The molecule has 29 heavy (non-hydrogen) atoms. The van der Waals surface area contributed by atoms with Gasteiger partial charge in [0.05, 0.1) is 0 Å². The summed E-state index contributed by atoms with van der Waals surface area (Å²) in [5.74, 6) is 1.09. The van der Waals surface area contributed by atoms with Gasteiger partial charge in [0.1, 0.15) is 31.1 Å². The predicted molar refractivity (Wildman–Crippen MR) is 108 cm³/mol. The zero-order chi connectivity index (χ0) is 20.3. The Balaban J connectivity index is 0.000000176. The second-order valence-corrected chi connectivity index (χ2v) is 6.22. The Labute approximate surface area is 169 Å². The van der Waals surface area contributed by atoms with Gasteiger partial charge in [0, 0.05) is 49.6 Å². The van der Waals surface area contributed by atoms with E-state index in [1.54, 1.807) is 37.2 Å². The van der Waals surface area contributed by atoms with E-state index < -0.39 is 0 Å². The molecule has 0 atom stereocenters. The van der Waals surface area contributed by atoms with Crippen LogP contribution in [0.15, 0.2) is 81.0 Å². The maximum atomic E-state index is 11.4. The number of nitrogens with zero attached hydrogens (tertiary/aromatic N) is 8. The van der Waals surface area contributed by atoms with Crippen LogP contribution in [-0.2, 0) is 0 Å². The van der Waals surface area contributed by atoms with Gasteiger partial charge in [-0.2, -0.15) is 0 Å². The van der Waals surface area contributed by atoms with Gasteiger partial charge < -0.3 is 0 Å². The Hall–Kier alpha value is -3.75. The average Bonchev–Trinajstić information content (AvgIpc) is 3.55. The first-order valence-electron chi connectivity index (χ1n) is 9.47. The van der Waals surface area contributed by atoms with E-state index in [1.165, 1.54) is 41.1 Å². The summed E-state index contributed by atoms with van der Waals surface area (Å²) in [6, 6.07) is -0.190. The zero-order valence-corrected chi connectivity index (χ0v) is 16.3. The van der Waals surface area contributed by atoms with E-state index in [1.807, 2.05) is 34.2 Å². The lowest BCUT2D eigenvalue weighted by molar-refractivity contribution is 0.244. The fourth-order valence-electron chi connectivity index (χ4n) is 2.64. The van der Waals surface area contributed by atoms with Crippen LogP contribution in [0.1, 0.15) is 32.6 Å². The smallest absolute Gasteiger partial charge is 0.292 e. The van der Waals surface area contributed by atoms with Crippen LogP contribution >= 0.6 is 0 Å². The monoisotopic (exact) mass is 392 g/mol. The fourth-order valence-corrected chi connectivity index (χ4v) is 2.64. The molecule has 9 heteroatoms. The largest absolute Gasteiger partial charge is 0.338 e. The standard InChI is InChI=1S/C13H18N4.C7H6N4O/c1-2-3-4-5-6-13(16-9-7-14-11-16)17-10-8-15-12-17;12-7(10-3-1-8-5-10)11-4-2-9-6-11/h6-12H,2-5H2,1H3;1-6H. The molecule has 0 aromatic carbocycles. The molecule has 0 saturated carbocycles. The number of unbranched alkanes of at least 4 members (excludes halogenated alkanes) is 3. The quantitative estimate of drug-likeness (QED) is 0.469. The van der Waals surface area contributed by atoms with Gasteiger partial charge in [0.15, 0.2) is 0 Å². The molecule has 0 bridgehead atoms. The normalized spacial score (nSPS) is 10.2. The second-order valence-electron chi connectivity index (χ2n) is 6.22. The molecule has 0 aliphatic heterocycles. The molecule has 0 aliphatic carbocycles. The Kier molecular flexibility index (Phi) is 7.27. The third-order valence-electron chi connectivity index (χ3n) is 4.12. The Morgan fingerprint density at radius 2 is 1.17 bits per heavy atom. The van der Waals surface area contributed by atoms with Crippen LogP contribution in [0.4, 0.5) is 4.79 Å². The van der Waals surface area contributed by atoms with Crippen molar-refractivity contribution in [2.24, 2.45) is 0 Å². The minimum atomic E-state index is -0.190. The van der Waals surface area contributed by atoms with E-state index in [0.29, 0.717) is 0 Å². The summed E-state index contributed by atoms with van der Waals surface area (Å²) in [5.41, 5.74) is 0. The van der Waals surface area contributed by atoms with Crippen molar-refractivity contribution in [1.29, 1.82) is 0 Å². The number of hydrogen-bond donors (Lipinski definition) is 0. The number of carbonyl (C=O) groups is 1. The number of hydrogen-bond acceptors (Lipinski definition) is 5. The third kappa shape index (κ3) is 5.61. The van der Waals surface area contributed by atoms with Crippen molar-refractivity contribution in [1.82, 2.24) is 38.2 Å². The molecule has 0 saturated heterocycles. The van der Waals surface area contributed by atoms with Crippen molar-refractivity contribution >= 4 is 6.03 Å². The number of aromatic nitrogens is 8. The van der Waals surface area contributed by atoms with Crippen LogP contribution in [0, 0.1) is 5.82 Å². The van der Waals surface area contributed by atoms with Gasteiger partial charge in [-0.3, -0.25) is 18.3 Å². The first-order chi connectivity index (χ1) is 14.3. The highest BCUT2D eigenvalue weighted by molar-refractivity contribution is 5.78. The topological polar surface area (TPSA) is 88.4 Å². The van der Waals surface area contributed by atoms with E-state index in [4.69, 9.17) is 0 Å². The van der Waals surface area contributed by atoms with Gasteiger partial charge >= 0.3 is 6.03 Å². The Morgan fingerprint density at radius 1 is 0.724 bits per heavy atom. The lowest BCUT2D eigenvalue weighted by Crippen LogP contribution is -2.15. The molecular formula is C20H24N8O. The van der Waals surface area contributed by atoms with Gasteiger partial charge in [-0.15, -0.1) is 0 Å². The number of rotatable bonds is 6. The van der Waals surface area contributed by atoms with Crippen molar-refractivity contribution in [2.45, 2.75) is 32.6 Å². The highest BCUT2D eigenvalue weighted by Crippen LogP contribution is 2.07. The maximum absolute atomic E-state index is 11.4. The van der Waals surface area contributed by atoms with Gasteiger partial charge in [0.2, 0.25) is 0 Å². The van der Waals surface area contributed by atoms with Crippen LogP contribution in [0.2, 0.25) is 0 Å². The summed E-state index contributed by atoms with van der Waals surface area (Å²) in [6.45, 7) is 2.22. The molecule has 0 fully saturated rings. The first-order valence-corrected chi connectivity index (χ1v) is 9.47. The molecular weight excluding hydrogens is 368 g/mol. The number of imidazole rings is 4. The lowest BCUT2D eigenvalue weighted by atomic mass is 10.2. The summed E-state index contributed by atoms with van der Waals surface area (Å²) in [6.07, 6.45) is 27.3. The van der Waals surface area contributed by atoms with E-state index in [0.717, 1.165) is 12.2 Å². The molecule has 150 valence electrons. The summed E-state index contributed by atoms with van der Waals surface area (Å²) >= 11 is 0. The van der Waals surface area contributed by atoms with Crippen LogP contribution in [0.25, 0.3) is 0 Å². The van der Waals surface area contributed by atoms with Crippen LogP contribution < -0.4 is 0 Å². The molecule has 4 aromatic heterocycles. The van der Waals surface area contributed by atoms with Crippen LogP contribution in [-0.4, -0.2) is 44.2 Å². The highest BCUT2D eigenvalue weighted by atomic mass is 16.2. The molecule has 0 unspecified atom stereocenters. The van der Waals surface area contributed by atoms with Crippen molar-refractivity contribution in [3.8, 4) is 0 Å². The average molecular weight is 392 g/mol. The SMILES string of the molecule is CCCCCC=C(n1ccnc1)n1ccnc1.O=C(n1ccnc1)n1ccnc1. The summed E-state index contributed by atoms with van der Waals surface area (Å²) in [7, 11) is 0. The van der Waals surface area contributed by atoms with E-state index >= 15 is 0 Å². The molecule has 0 N–H and O–H groups in total. The van der Waals surface area contributed by atoms with Crippen molar-refractivity contribution in [3.05, 3.63) is 86.8 Å². The first kappa shape index (κ1) is 20.0. The molecule has 0 spiro atoms.